The van der Waals surface area contributed by atoms with Gasteiger partial charge in [0, 0.05) is 12.6 Å². The number of nitrogens with two attached hydrogens (primary N) is 1. The summed E-state index contributed by atoms with van der Waals surface area (Å²) in [5, 5.41) is 21.1. The molecule has 0 aliphatic heterocycles. The summed E-state index contributed by atoms with van der Waals surface area (Å²) in [5.41, 5.74) is 5.66. The Balaban J connectivity index is 2.83. The third-order valence-electron chi connectivity index (χ3n) is 3.99. The molecular weight excluding hydrogens is 258 g/mol. The summed E-state index contributed by atoms with van der Waals surface area (Å²) in [6, 6.07) is 0.175. The molecule has 20 heavy (non-hydrogen) atoms. The lowest BCUT2D eigenvalue weighted by Gasteiger charge is -2.36. The molecule has 0 aromatic carbocycles. The highest BCUT2D eigenvalue weighted by Gasteiger charge is 2.32. The minimum Gasteiger partial charge on any atom is -0.409 e. The molecule has 6 nitrogen and oxygen atoms in total. The Morgan fingerprint density at radius 3 is 2.55 bits per heavy atom. The molecule has 0 aromatic heterocycles. The number of hydrogen-bond acceptors (Lipinski definition) is 4. The van der Waals surface area contributed by atoms with Crippen molar-refractivity contribution in [2.75, 3.05) is 13.2 Å². The highest BCUT2D eigenvalue weighted by Crippen LogP contribution is 2.24. The molecule has 1 unspecified atom stereocenters. The zero-order valence-electron chi connectivity index (χ0n) is 12.3. The van der Waals surface area contributed by atoms with Gasteiger partial charge in [-0.3, -0.25) is 4.79 Å². The fraction of sp³-hybridized carbons (Fsp3) is 0.857. The van der Waals surface area contributed by atoms with Gasteiger partial charge in [-0.2, -0.15) is 0 Å². The van der Waals surface area contributed by atoms with Crippen LogP contribution in [0.4, 0.5) is 0 Å². The summed E-state index contributed by atoms with van der Waals surface area (Å²) in [6.45, 7) is 2.22. The van der Waals surface area contributed by atoms with Crippen LogP contribution in [0.25, 0.3) is 0 Å². The Bertz CT molecular complexity index is 328. The maximum absolute atomic E-state index is 12.7. The minimum atomic E-state index is -0.585. The van der Waals surface area contributed by atoms with Crippen LogP contribution < -0.4 is 5.73 Å². The molecule has 1 aliphatic rings. The Hall–Kier alpha value is -1.30. The molecule has 0 aromatic rings. The van der Waals surface area contributed by atoms with Crippen LogP contribution in [-0.2, 0) is 4.79 Å². The van der Waals surface area contributed by atoms with Crippen molar-refractivity contribution >= 4 is 11.7 Å². The van der Waals surface area contributed by atoms with Crippen LogP contribution in [0, 0.1) is 5.92 Å². The second-order valence-corrected chi connectivity index (χ2v) is 5.41. The fourth-order valence-electron chi connectivity index (χ4n) is 2.93. The first-order chi connectivity index (χ1) is 9.65. The second-order valence-electron chi connectivity index (χ2n) is 5.41. The Kier molecular flexibility index (Phi) is 7.36. The Morgan fingerprint density at radius 2 is 2.05 bits per heavy atom. The number of aliphatic hydroxyl groups is 1. The van der Waals surface area contributed by atoms with Crippen LogP contribution in [0.5, 0.6) is 0 Å². The van der Waals surface area contributed by atoms with Gasteiger partial charge in [0.15, 0.2) is 5.84 Å². The van der Waals surface area contributed by atoms with E-state index in [0.717, 1.165) is 32.1 Å². The number of amides is 1. The topological polar surface area (TPSA) is 99.2 Å². The quantitative estimate of drug-likeness (QED) is 0.284. The van der Waals surface area contributed by atoms with Gasteiger partial charge in [0.2, 0.25) is 5.91 Å². The number of carbonyl (C=O) groups excluding carboxylic acids is 1. The Morgan fingerprint density at radius 1 is 1.40 bits per heavy atom. The van der Waals surface area contributed by atoms with E-state index in [0.29, 0.717) is 13.0 Å². The highest BCUT2D eigenvalue weighted by molar-refractivity contribution is 6.02. The zero-order valence-corrected chi connectivity index (χ0v) is 12.3. The van der Waals surface area contributed by atoms with Gasteiger partial charge in [0.1, 0.15) is 0 Å². The average molecular weight is 285 g/mol. The maximum Gasteiger partial charge on any atom is 0.233 e. The minimum absolute atomic E-state index is 0.0319. The van der Waals surface area contributed by atoms with Crippen LogP contribution in [0.15, 0.2) is 5.16 Å². The van der Waals surface area contributed by atoms with Crippen molar-refractivity contribution in [3.05, 3.63) is 0 Å². The molecule has 0 heterocycles. The van der Waals surface area contributed by atoms with Gasteiger partial charge in [0.05, 0.1) is 12.5 Å². The van der Waals surface area contributed by atoms with Crippen molar-refractivity contribution in [3.8, 4) is 0 Å². The van der Waals surface area contributed by atoms with Crippen molar-refractivity contribution in [1.82, 2.24) is 4.90 Å². The number of amidine groups is 1. The molecular formula is C14H27N3O3. The van der Waals surface area contributed by atoms with Gasteiger partial charge in [-0.1, -0.05) is 37.8 Å². The standard InChI is InChI=1S/C14H27N3O3/c1-2-6-12(13(15)16-20)14(19)17(9-10-18)11-7-4-3-5-8-11/h11-12,18,20H,2-10H2,1H3,(H2,15,16). The molecule has 1 atom stereocenters. The average Bonchev–Trinajstić information content (AvgIpc) is 2.49. The number of rotatable bonds is 7. The number of carbonyl (C=O) groups is 1. The lowest BCUT2D eigenvalue weighted by Crippen LogP contribution is -2.48. The van der Waals surface area contributed by atoms with E-state index < -0.39 is 5.92 Å². The SMILES string of the molecule is CCCC(C(=O)N(CCO)C1CCCCC1)C(N)=NO. The zero-order chi connectivity index (χ0) is 15.0. The molecule has 4 N–H and O–H groups in total. The fourth-order valence-corrected chi connectivity index (χ4v) is 2.93. The highest BCUT2D eigenvalue weighted by atomic mass is 16.4. The molecule has 0 saturated heterocycles. The predicted molar refractivity (Wildman–Crippen MR) is 77.5 cm³/mol. The largest absolute Gasteiger partial charge is 0.409 e. The van der Waals surface area contributed by atoms with E-state index in [1.807, 2.05) is 6.92 Å². The first kappa shape index (κ1) is 16.8. The third kappa shape index (κ3) is 4.37. The van der Waals surface area contributed by atoms with Crippen LogP contribution >= 0.6 is 0 Å². The summed E-state index contributed by atoms with van der Waals surface area (Å²) in [4.78, 5) is 14.4. The van der Waals surface area contributed by atoms with Gasteiger partial charge < -0.3 is 20.9 Å². The van der Waals surface area contributed by atoms with Crippen LogP contribution in [0.1, 0.15) is 51.9 Å². The smallest absolute Gasteiger partial charge is 0.233 e. The van der Waals surface area contributed by atoms with Crippen molar-refractivity contribution in [2.24, 2.45) is 16.8 Å². The van der Waals surface area contributed by atoms with Crippen molar-refractivity contribution in [3.63, 3.8) is 0 Å². The molecule has 1 fully saturated rings. The number of hydrogen-bond donors (Lipinski definition) is 3. The van der Waals surface area contributed by atoms with E-state index in [2.05, 4.69) is 5.16 Å². The van der Waals surface area contributed by atoms with Crippen LogP contribution in [-0.4, -0.2) is 46.1 Å². The number of aliphatic hydroxyl groups excluding tert-OH is 1. The van der Waals surface area contributed by atoms with E-state index in [1.54, 1.807) is 4.90 Å². The van der Waals surface area contributed by atoms with Crippen LogP contribution in [0.3, 0.4) is 0 Å². The molecule has 1 amide bonds. The monoisotopic (exact) mass is 285 g/mol. The van der Waals surface area contributed by atoms with Crippen molar-refractivity contribution < 1.29 is 15.1 Å². The summed E-state index contributed by atoms with van der Waals surface area (Å²) in [6.07, 6.45) is 6.72. The summed E-state index contributed by atoms with van der Waals surface area (Å²) >= 11 is 0. The molecule has 1 aliphatic carbocycles. The molecule has 6 heteroatoms. The summed E-state index contributed by atoms with van der Waals surface area (Å²) < 4.78 is 0. The second kappa shape index (κ2) is 8.79. The number of nitrogens with zero attached hydrogens (tertiary/aromatic N) is 2. The predicted octanol–water partition coefficient (Wildman–Crippen LogP) is 1.30. The molecule has 0 spiro atoms. The summed E-state index contributed by atoms with van der Waals surface area (Å²) in [5.74, 6) is -0.739. The van der Waals surface area contributed by atoms with Gasteiger partial charge in [-0.25, -0.2) is 0 Å². The lowest BCUT2D eigenvalue weighted by molar-refractivity contribution is -0.137. The van der Waals surface area contributed by atoms with E-state index in [9.17, 15) is 9.90 Å². The van der Waals surface area contributed by atoms with E-state index in [4.69, 9.17) is 10.9 Å². The normalized spacial score (nSPS) is 18.8. The lowest BCUT2D eigenvalue weighted by atomic mass is 9.92. The van der Waals surface area contributed by atoms with Gasteiger partial charge in [-0.05, 0) is 19.3 Å². The maximum atomic E-state index is 12.7. The first-order valence-electron chi connectivity index (χ1n) is 7.54. The van der Waals surface area contributed by atoms with Gasteiger partial charge in [0.25, 0.3) is 0 Å². The van der Waals surface area contributed by atoms with E-state index >= 15 is 0 Å². The van der Waals surface area contributed by atoms with Gasteiger partial charge >= 0.3 is 0 Å². The summed E-state index contributed by atoms with van der Waals surface area (Å²) in [7, 11) is 0. The number of oxime groups is 1. The molecule has 0 radical (unpaired) electrons. The molecule has 1 rings (SSSR count). The van der Waals surface area contributed by atoms with Crippen molar-refractivity contribution in [1.29, 1.82) is 0 Å². The van der Waals surface area contributed by atoms with E-state index in [-0.39, 0.29) is 24.4 Å². The van der Waals surface area contributed by atoms with Crippen molar-refractivity contribution in [2.45, 2.75) is 57.9 Å². The van der Waals surface area contributed by atoms with Crippen LogP contribution in [0.2, 0.25) is 0 Å². The first-order valence-corrected chi connectivity index (χ1v) is 7.54. The molecule has 0 bridgehead atoms. The third-order valence-corrected chi connectivity index (χ3v) is 3.99. The van der Waals surface area contributed by atoms with Gasteiger partial charge in [-0.15, -0.1) is 0 Å². The van der Waals surface area contributed by atoms with E-state index in [1.165, 1.54) is 6.42 Å². The molecule has 116 valence electrons. The molecule has 1 saturated carbocycles. The Labute approximate surface area is 120 Å².